The summed E-state index contributed by atoms with van der Waals surface area (Å²) in [6.07, 6.45) is 0.528. The van der Waals surface area contributed by atoms with E-state index in [4.69, 9.17) is 18.9 Å². The van der Waals surface area contributed by atoms with E-state index in [0.29, 0.717) is 12.7 Å². The molecule has 1 aliphatic rings. The van der Waals surface area contributed by atoms with Gasteiger partial charge >= 0.3 is 0 Å². The Labute approximate surface area is 85.5 Å². The van der Waals surface area contributed by atoms with E-state index in [1.54, 1.807) is 7.11 Å². The van der Waals surface area contributed by atoms with Crippen molar-refractivity contribution in [2.24, 2.45) is 5.92 Å². The van der Waals surface area contributed by atoms with Crippen LogP contribution in [0.3, 0.4) is 0 Å². The van der Waals surface area contributed by atoms with Crippen molar-refractivity contribution in [3.05, 3.63) is 0 Å². The Bertz CT molecular complexity index is 162. The third kappa shape index (κ3) is 2.92. The lowest BCUT2D eigenvalue weighted by Gasteiger charge is -2.24. The van der Waals surface area contributed by atoms with Crippen LogP contribution >= 0.6 is 0 Å². The highest BCUT2D eigenvalue weighted by atomic mass is 16.8. The number of hydrogen-bond acceptors (Lipinski definition) is 4. The fourth-order valence-corrected chi connectivity index (χ4v) is 1.38. The Balaban J connectivity index is 2.42. The van der Waals surface area contributed by atoms with E-state index in [2.05, 4.69) is 13.8 Å². The zero-order valence-corrected chi connectivity index (χ0v) is 9.36. The highest BCUT2D eigenvalue weighted by Gasteiger charge is 2.34. The standard InChI is InChI=1S/C10H20O4/c1-5-7(2)9-10(13-6-12-9)14-8(3)11-4/h7-10H,5-6H2,1-4H3. The van der Waals surface area contributed by atoms with Crippen molar-refractivity contribution in [2.75, 3.05) is 13.9 Å². The zero-order valence-electron chi connectivity index (χ0n) is 9.36. The first-order valence-electron chi connectivity index (χ1n) is 5.10. The summed E-state index contributed by atoms with van der Waals surface area (Å²) in [5.74, 6) is 0.437. The van der Waals surface area contributed by atoms with Crippen LogP contribution in [0, 0.1) is 5.92 Å². The summed E-state index contributed by atoms with van der Waals surface area (Å²) in [6, 6.07) is 0. The smallest absolute Gasteiger partial charge is 0.189 e. The topological polar surface area (TPSA) is 36.9 Å². The number of hydrogen-bond donors (Lipinski definition) is 0. The summed E-state index contributed by atoms with van der Waals surface area (Å²) in [6.45, 7) is 6.42. The number of ether oxygens (including phenoxy) is 4. The Morgan fingerprint density at radius 1 is 1.36 bits per heavy atom. The van der Waals surface area contributed by atoms with Gasteiger partial charge in [0.25, 0.3) is 0 Å². The molecule has 4 nitrogen and oxygen atoms in total. The molecule has 0 radical (unpaired) electrons. The van der Waals surface area contributed by atoms with Crippen LogP contribution in [0.2, 0.25) is 0 Å². The molecule has 4 atom stereocenters. The molecule has 0 N–H and O–H groups in total. The zero-order chi connectivity index (χ0) is 10.6. The molecule has 1 aliphatic heterocycles. The molecule has 1 rings (SSSR count). The number of rotatable bonds is 5. The maximum Gasteiger partial charge on any atom is 0.189 e. The third-order valence-electron chi connectivity index (χ3n) is 2.62. The molecule has 4 heteroatoms. The van der Waals surface area contributed by atoms with Gasteiger partial charge in [0.15, 0.2) is 19.4 Å². The Kier molecular flexibility index (Phi) is 4.81. The van der Waals surface area contributed by atoms with Crippen LogP contribution in [-0.4, -0.2) is 32.6 Å². The lowest BCUT2D eigenvalue weighted by molar-refractivity contribution is -0.222. The van der Waals surface area contributed by atoms with Gasteiger partial charge in [0.05, 0.1) is 0 Å². The first-order valence-corrected chi connectivity index (χ1v) is 5.10. The normalized spacial score (nSPS) is 31.7. The average Bonchev–Trinajstić information content (AvgIpc) is 2.64. The molecule has 0 aliphatic carbocycles. The molecule has 84 valence electrons. The van der Waals surface area contributed by atoms with Gasteiger partial charge in [-0.05, 0) is 12.8 Å². The lowest BCUT2D eigenvalue weighted by Crippen LogP contribution is -2.34. The molecule has 14 heavy (non-hydrogen) atoms. The molecule has 1 fully saturated rings. The molecule has 0 amide bonds. The predicted octanol–water partition coefficient (Wildman–Crippen LogP) is 1.74. The summed E-state index contributed by atoms with van der Waals surface area (Å²) < 4.78 is 21.3. The van der Waals surface area contributed by atoms with Crippen LogP contribution in [0.4, 0.5) is 0 Å². The van der Waals surface area contributed by atoms with Gasteiger partial charge in [-0.3, -0.25) is 0 Å². The lowest BCUT2D eigenvalue weighted by atomic mass is 10.0. The van der Waals surface area contributed by atoms with E-state index in [-0.39, 0.29) is 18.7 Å². The maximum absolute atomic E-state index is 5.53. The molecular weight excluding hydrogens is 184 g/mol. The minimum atomic E-state index is -0.292. The summed E-state index contributed by atoms with van der Waals surface area (Å²) in [5, 5.41) is 0. The third-order valence-corrected chi connectivity index (χ3v) is 2.62. The molecule has 1 saturated heterocycles. The van der Waals surface area contributed by atoms with Crippen molar-refractivity contribution in [3.8, 4) is 0 Å². The molecule has 0 aromatic rings. The van der Waals surface area contributed by atoms with Gasteiger partial charge in [-0.15, -0.1) is 0 Å². The fourth-order valence-electron chi connectivity index (χ4n) is 1.38. The number of methoxy groups -OCH3 is 1. The SMILES string of the molecule is CCC(C)C1OCOC1OC(C)OC. The van der Waals surface area contributed by atoms with E-state index < -0.39 is 0 Å². The molecule has 1 heterocycles. The van der Waals surface area contributed by atoms with E-state index >= 15 is 0 Å². The summed E-state index contributed by atoms with van der Waals surface area (Å²) in [4.78, 5) is 0. The molecule has 0 spiro atoms. The van der Waals surface area contributed by atoms with Crippen LogP contribution in [0.1, 0.15) is 27.2 Å². The molecular formula is C10H20O4. The highest BCUT2D eigenvalue weighted by Crippen LogP contribution is 2.24. The Hall–Kier alpha value is -0.160. The van der Waals surface area contributed by atoms with Crippen molar-refractivity contribution < 1.29 is 18.9 Å². The average molecular weight is 204 g/mol. The van der Waals surface area contributed by atoms with E-state index in [1.165, 1.54) is 0 Å². The molecule has 0 saturated carbocycles. The molecule has 0 bridgehead atoms. The summed E-state index contributed by atoms with van der Waals surface area (Å²) >= 11 is 0. The first-order chi connectivity index (χ1) is 6.69. The van der Waals surface area contributed by atoms with Gasteiger partial charge < -0.3 is 18.9 Å². The van der Waals surface area contributed by atoms with Gasteiger partial charge in [0, 0.05) is 7.11 Å². The molecule has 4 unspecified atom stereocenters. The second-order valence-corrected chi connectivity index (χ2v) is 3.61. The minimum absolute atomic E-state index is 0.0256. The van der Waals surface area contributed by atoms with Crippen molar-refractivity contribution in [1.29, 1.82) is 0 Å². The van der Waals surface area contributed by atoms with Gasteiger partial charge in [0.1, 0.15) is 6.10 Å². The fraction of sp³-hybridized carbons (Fsp3) is 1.00. The van der Waals surface area contributed by atoms with E-state index in [9.17, 15) is 0 Å². The first kappa shape index (κ1) is 11.9. The van der Waals surface area contributed by atoms with Crippen molar-refractivity contribution in [2.45, 2.75) is 45.9 Å². The largest absolute Gasteiger partial charge is 0.356 e. The van der Waals surface area contributed by atoms with Crippen LogP contribution in [-0.2, 0) is 18.9 Å². The highest BCUT2D eigenvalue weighted by molar-refractivity contribution is 4.72. The summed E-state index contributed by atoms with van der Waals surface area (Å²) in [7, 11) is 1.61. The van der Waals surface area contributed by atoms with E-state index in [1.807, 2.05) is 6.92 Å². The van der Waals surface area contributed by atoms with Crippen LogP contribution in [0.15, 0.2) is 0 Å². The van der Waals surface area contributed by atoms with Crippen molar-refractivity contribution in [3.63, 3.8) is 0 Å². The van der Waals surface area contributed by atoms with Gasteiger partial charge in [-0.25, -0.2) is 0 Å². The quantitative estimate of drug-likeness (QED) is 0.639. The van der Waals surface area contributed by atoms with Crippen LogP contribution in [0.25, 0.3) is 0 Å². The second-order valence-electron chi connectivity index (χ2n) is 3.61. The van der Waals surface area contributed by atoms with Crippen molar-refractivity contribution in [1.82, 2.24) is 0 Å². The van der Waals surface area contributed by atoms with E-state index in [0.717, 1.165) is 6.42 Å². The predicted molar refractivity (Wildman–Crippen MR) is 51.6 cm³/mol. The summed E-state index contributed by atoms with van der Waals surface area (Å²) in [5.41, 5.74) is 0. The van der Waals surface area contributed by atoms with Crippen LogP contribution in [0.5, 0.6) is 0 Å². The van der Waals surface area contributed by atoms with Crippen LogP contribution < -0.4 is 0 Å². The monoisotopic (exact) mass is 204 g/mol. The van der Waals surface area contributed by atoms with Crippen molar-refractivity contribution >= 4 is 0 Å². The molecule has 0 aromatic heterocycles. The van der Waals surface area contributed by atoms with Gasteiger partial charge in [-0.2, -0.15) is 0 Å². The Morgan fingerprint density at radius 3 is 2.64 bits per heavy atom. The second kappa shape index (κ2) is 5.66. The maximum atomic E-state index is 5.53. The Morgan fingerprint density at radius 2 is 2.07 bits per heavy atom. The molecule has 0 aromatic carbocycles. The minimum Gasteiger partial charge on any atom is -0.356 e. The van der Waals surface area contributed by atoms with Gasteiger partial charge in [-0.1, -0.05) is 20.3 Å². The van der Waals surface area contributed by atoms with Gasteiger partial charge in [0.2, 0.25) is 0 Å².